The Labute approximate surface area is 219 Å². The van der Waals surface area contributed by atoms with Gasteiger partial charge in [-0.3, -0.25) is 0 Å². The molecule has 3 atom stereocenters. The van der Waals surface area contributed by atoms with Crippen molar-refractivity contribution in [1.29, 1.82) is 0 Å². The number of nitrogens with one attached hydrogen (secondary N) is 1. The second-order valence-corrected chi connectivity index (χ2v) is 10.7. The highest BCUT2D eigenvalue weighted by atomic mass is 16.3. The first-order valence-electron chi connectivity index (χ1n) is 13.8. The van der Waals surface area contributed by atoms with Crippen LogP contribution in [-0.4, -0.2) is 28.4 Å². The molecular weight excluding hydrogens is 452 g/mol. The highest BCUT2D eigenvalue weighted by molar-refractivity contribution is 6.15. The number of aliphatic hydroxyl groups is 1. The van der Waals surface area contributed by atoms with E-state index in [1.54, 1.807) is 0 Å². The van der Waals surface area contributed by atoms with E-state index < -0.39 is 6.10 Å². The minimum atomic E-state index is -0.491. The lowest BCUT2D eigenvalue weighted by Gasteiger charge is -2.30. The van der Waals surface area contributed by atoms with Gasteiger partial charge in [-0.1, -0.05) is 117 Å². The number of fused-ring (bicyclic) bond motifs is 3. The van der Waals surface area contributed by atoms with Gasteiger partial charge in [-0.15, -0.1) is 0 Å². The van der Waals surface area contributed by atoms with Crippen LogP contribution < -0.4 is 5.32 Å². The van der Waals surface area contributed by atoms with Crippen LogP contribution in [0.2, 0.25) is 0 Å². The van der Waals surface area contributed by atoms with Crippen LogP contribution in [0.5, 0.6) is 0 Å². The van der Waals surface area contributed by atoms with Gasteiger partial charge in [0.15, 0.2) is 0 Å². The standard InChI is InChI=1S/C34H36N2O/c1-24-12-8-11-19-31(24)35-22-28(37)23-36-33(27-16-6-3-7-17-27)32(26-14-4-2-5-15-26)30-21-20-25-13-9-10-18-29(25)34(30)36/h2-7,9-10,13-18,20-21,24,28,31,35,37H,8,11-12,19,22-23H2,1H3/t24-,28-,31+/m0/s1. The monoisotopic (exact) mass is 488 g/mol. The highest BCUT2D eigenvalue weighted by Gasteiger charge is 2.25. The molecule has 1 aromatic heterocycles. The Hall–Kier alpha value is -3.40. The van der Waals surface area contributed by atoms with Gasteiger partial charge >= 0.3 is 0 Å². The Morgan fingerprint density at radius 3 is 2.22 bits per heavy atom. The van der Waals surface area contributed by atoms with Crippen molar-refractivity contribution in [2.24, 2.45) is 5.92 Å². The van der Waals surface area contributed by atoms with Crippen molar-refractivity contribution in [3.63, 3.8) is 0 Å². The summed E-state index contributed by atoms with van der Waals surface area (Å²) in [6.07, 6.45) is 4.60. The van der Waals surface area contributed by atoms with Gasteiger partial charge in [-0.05, 0) is 35.3 Å². The maximum Gasteiger partial charge on any atom is 0.0843 e. The van der Waals surface area contributed by atoms with Crippen LogP contribution >= 0.6 is 0 Å². The summed E-state index contributed by atoms with van der Waals surface area (Å²) in [6, 6.07) is 34.9. The fraction of sp³-hybridized carbons (Fsp3) is 0.294. The number of aliphatic hydroxyl groups excluding tert-OH is 1. The second-order valence-electron chi connectivity index (χ2n) is 10.7. The van der Waals surface area contributed by atoms with Gasteiger partial charge in [0.2, 0.25) is 0 Å². The average molecular weight is 489 g/mol. The van der Waals surface area contributed by atoms with Gasteiger partial charge < -0.3 is 15.0 Å². The molecule has 4 aromatic carbocycles. The zero-order valence-electron chi connectivity index (χ0n) is 21.6. The molecule has 188 valence electrons. The van der Waals surface area contributed by atoms with Crippen LogP contribution in [0.25, 0.3) is 44.1 Å². The quantitative estimate of drug-likeness (QED) is 0.247. The molecule has 1 saturated carbocycles. The minimum absolute atomic E-state index is 0.491. The van der Waals surface area contributed by atoms with Crippen molar-refractivity contribution < 1.29 is 5.11 Å². The summed E-state index contributed by atoms with van der Waals surface area (Å²) >= 11 is 0. The van der Waals surface area contributed by atoms with E-state index in [0.717, 1.165) is 0 Å². The average Bonchev–Trinajstić information content (AvgIpc) is 3.28. The first-order chi connectivity index (χ1) is 18.2. The summed E-state index contributed by atoms with van der Waals surface area (Å²) in [7, 11) is 0. The zero-order valence-corrected chi connectivity index (χ0v) is 21.6. The number of hydrogen-bond acceptors (Lipinski definition) is 2. The summed E-state index contributed by atoms with van der Waals surface area (Å²) in [5.41, 5.74) is 5.96. The van der Waals surface area contributed by atoms with E-state index >= 15 is 0 Å². The van der Waals surface area contributed by atoms with Gasteiger partial charge in [0.25, 0.3) is 0 Å². The Bertz CT molecular complexity index is 1490. The lowest BCUT2D eigenvalue weighted by molar-refractivity contribution is 0.140. The molecule has 1 heterocycles. The van der Waals surface area contributed by atoms with E-state index in [1.165, 1.54) is 69.7 Å². The molecule has 0 radical (unpaired) electrons. The summed E-state index contributed by atoms with van der Waals surface area (Å²) in [4.78, 5) is 0. The third-order valence-electron chi connectivity index (χ3n) is 8.18. The zero-order chi connectivity index (χ0) is 25.2. The Balaban J connectivity index is 1.51. The molecule has 37 heavy (non-hydrogen) atoms. The fourth-order valence-electron chi connectivity index (χ4n) is 6.28. The molecule has 0 spiro atoms. The number of aromatic nitrogens is 1. The first-order valence-corrected chi connectivity index (χ1v) is 13.8. The van der Waals surface area contributed by atoms with Gasteiger partial charge in [-0.25, -0.2) is 0 Å². The van der Waals surface area contributed by atoms with Gasteiger partial charge in [-0.2, -0.15) is 0 Å². The van der Waals surface area contributed by atoms with Crippen LogP contribution in [-0.2, 0) is 6.54 Å². The largest absolute Gasteiger partial charge is 0.390 e. The lowest BCUT2D eigenvalue weighted by Crippen LogP contribution is -2.42. The van der Waals surface area contributed by atoms with Crippen molar-refractivity contribution in [3.05, 3.63) is 97.1 Å². The molecule has 0 aliphatic heterocycles. The fourth-order valence-corrected chi connectivity index (χ4v) is 6.28. The molecule has 1 fully saturated rings. The molecule has 1 aliphatic rings. The molecule has 2 N–H and O–H groups in total. The SMILES string of the molecule is C[C@H]1CCCC[C@H]1NC[C@H](O)Cn1c(-c2ccccc2)c(-c2ccccc2)c2ccc3ccccc3c21. The molecule has 5 aromatic rings. The van der Waals surface area contributed by atoms with Gasteiger partial charge in [0.05, 0.1) is 23.9 Å². The van der Waals surface area contributed by atoms with Crippen molar-refractivity contribution in [2.45, 2.75) is 51.3 Å². The predicted molar refractivity (Wildman–Crippen MR) is 156 cm³/mol. The van der Waals surface area contributed by atoms with Crippen molar-refractivity contribution in [3.8, 4) is 22.4 Å². The van der Waals surface area contributed by atoms with E-state index in [4.69, 9.17) is 0 Å². The summed E-state index contributed by atoms with van der Waals surface area (Å²) in [6.45, 7) is 3.48. The minimum Gasteiger partial charge on any atom is -0.390 e. The van der Waals surface area contributed by atoms with E-state index in [0.29, 0.717) is 25.0 Å². The van der Waals surface area contributed by atoms with Crippen LogP contribution in [0.3, 0.4) is 0 Å². The first kappa shape index (κ1) is 24.0. The number of nitrogens with zero attached hydrogens (tertiary/aromatic N) is 1. The summed E-state index contributed by atoms with van der Waals surface area (Å²) in [5, 5.41) is 18.8. The van der Waals surface area contributed by atoms with Crippen LogP contribution in [0.1, 0.15) is 32.6 Å². The van der Waals surface area contributed by atoms with Crippen LogP contribution in [0.4, 0.5) is 0 Å². The van der Waals surface area contributed by atoms with Crippen molar-refractivity contribution >= 4 is 21.7 Å². The normalized spacial score (nSPS) is 18.9. The number of benzene rings is 4. The Morgan fingerprint density at radius 1 is 0.784 bits per heavy atom. The van der Waals surface area contributed by atoms with E-state index in [-0.39, 0.29) is 0 Å². The molecule has 0 bridgehead atoms. The smallest absolute Gasteiger partial charge is 0.0843 e. The Kier molecular flexibility index (Phi) is 6.82. The van der Waals surface area contributed by atoms with Gasteiger partial charge in [0, 0.05) is 28.9 Å². The van der Waals surface area contributed by atoms with Gasteiger partial charge in [0.1, 0.15) is 0 Å². The van der Waals surface area contributed by atoms with Crippen LogP contribution in [0.15, 0.2) is 97.1 Å². The lowest BCUT2D eigenvalue weighted by atomic mass is 9.86. The maximum atomic E-state index is 11.4. The molecule has 0 unspecified atom stereocenters. The Morgan fingerprint density at radius 2 is 1.46 bits per heavy atom. The molecule has 0 saturated heterocycles. The van der Waals surface area contributed by atoms with E-state index in [2.05, 4.69) is 114 Å². The van der Waals surface area contributed by atoms with Crippen LogP contribution in [0, 0.1) is 5.92 Å². The third kappa shape index (κ3) is 4.70. The summed E-state index contributed by atoms with van der Waals surface area (Å²) < 4.78 is 2.38. The topological polar surface area (TPSA) is 37.2 Å². The van der Waals surface area contributed by atoms with E-state index in [9.17, 15) is 5.11 Å². The molecule has 0 amide bonds. The molecule has 3 nitrogen and oxygen atoms in total. The van der Waals surface area contributed by atoms with Crippen molar-refractivity contribution in [2.75, 3.05) is 6.54 Å². The summed E-state index contributed by atoms with van der Waals surface area (Å²) in [5.74, 6) is 0.668. The second kappa shape index (κ2) is 10.5. The number of rotatable bonds is 7. The number of hydrogen-bond donors (Lipinski definition) is 2. The predicted octanol–water partition coefficient (Wildman–Crippen LogP) is 7.66. The molecule has 3 heteroatoms. The maximum absolute atomic E-state index is 11.4. The highest BCUT2D eigenvalue weighted by Crippen LogP contribution is 2.43. The van der Waals surface area contributed by atoms with E-state index in [1.807, 2.05) is 0 Å². The molecule has 1 aliphatic carbocycles. The van der Waals surface area contributed by atoms with Crippen molar-refractivity contribution in [1.82, 2.24) is 9.88 Å². The molecular formula is C34H36N2O. The third-order valence-corrected chi connectivity index (χ3v) is 8.18. The molecule has 6 rings (SSSR count).